The minimum atomic E-state index is -1.12. The van der Waals surface area contributed by atoms with Crippen LogP contribution in [-0.4, -0.2) is 11.1 Å². The Kier molecular flexibility index (Phi) is 1.85. The van der Waals surface area contributed by atoms with Gasteiger partial charge < -0.3 is 15.3 Å². The van der Waals surface area contributed by atoms with Crippen LogP contribution in [0, 0.1) is 0 Å². The highest BCUT2D eigenvalue weighted by Crippen LogP contribution is 2.17. The molecule has 1 heterocycles. The summed E-state index contributed by atoms with van der Waals surface area (Å²) in [6.07, 6.45) is 0.650. The van der Waals surface area contributed by atoms with E-state index in [2.05, 4.69) is 0 Å². The molecule has 1 aromatic heterocycles. The van der Waals surface area contributed by atoms with Crippen molar-refractivity contribution in [3.8, 4) is 0 Å². The van der Waals surface area contributed by atoms with Crippen LogP contribution in [0.25, 0.3) is 0 Å². The number of carbonyl (C=O) groups is 1. The van der Waals surface area contributed by atoms with E-state index >= 15 is 0 Å². The number of nitrogens with two attached hydrogens (primary N) is 1. The summed E-state index contributed by atoms with van der Waals surface area (Å²) >= 11 is 0. The van der Waals surface area contributed by atoms with Crippen molar-refractivity contribution in [2.75, 3.05) is 5.73 Å². The van der Waals surface area contributed by atoms with E-state index in [9.17, 15) is 4.79 Å². The van der Waals surface area contributed by atoms with Crippen LogP contribution in [-0.2, 0) is 6.42 Å². The molecule has 0 amide bonds. The van der Waals surface area contributed by atoms with Gasteiger partial charge >= 0.3 is 5.97 Å². The Labute approximate surface area is 63.6 Å². The average Bonchev–Trinajstić information content (AvgIpc) is 2.30. The van der Waals surface area contributed by atoms with Gasteiger partial charge in [-0.1, -0.05) is 6.92 Å². The third-order valence-electron chi connectivity index (χ3n) is 1.35. The second-order valence-corrected chi connectivity index (χ2v) is 2.16. The largest absolute Gasteiger partial charge is 0.475 e. The van der Waals surface area contributed by atoms with E-state index in [-0.39, 0.29) is 11.4 Å². The van der Waals surface area contributed by atoms with Gasteiger partial charge in [0.15, 0.2) is 0 Å². The zero-order valence-electron chi connectivity index (χ0n) is 6.13. The predicted molar refractivity (Wildman–Crippen MR) is 39.5 cm³/mol. The molecule has 0 aliphatic carbocycles. The monoisotopic (exact) mass is 155 g/mol. The van der Waals surface area contributed by atoms with E-state index in [1.165, 1.54) is 6.07 Å². The standard InChI is InChI=1S/C7H9NO3/c1-2-4-3-5(8)6(11-4)7(9)10/h3H,2,8H2,1H3,(H,9,10). The number of carboxylic acid groups (broad SMARTS) is 1. The first-order chi connectivity index (χ1) is 5.15. The number of aromatic carboxylic acids is 1. The molecule has 0 aliphatic rings. The lowest BCUT2D eigenvalue weighted by Crippen LogP contribution is -1.97. The number of rotatable bonds is 2. The first-order valence-electron chi connectivity index (χ1n) is 3.26. The van der Waals surface area contributed by atoms with Gasteiger partial charge in [0.25, 0.3) is 0 Å². The molecule has 11 heavy (non-hydrogen) atoms. The zero-order chi connectivity index (χ0) is 8.43. The van der Waals surface area contributed by atoms with Crippen molar-refractivity contribution < 1.29 is 14.3 Å². The highest BCUT2D eigenvalue weighted by atomic mass is 16.4. The Morgan fingerprint density at radius 3 is 2.73 bits per heavy atom. The molecule has 0 saturated heterocycles. The molecule has 1 rings (SSSR count). The van der Waals surface area contributed by atoms with Crippen LogP contribution in [0.3, 0.4) is 0 Å². The van der Waals surface area contributed by atoms with Crippen LogP contribution in [0.1, 0.15) is 23.2 Å². The van der Waals surface area contributed by atoms with Gasteiger partial charge in [-0.15, -0.1) is 0 Å². The van der Waals surface area contributed by atoms with Gasteiger partial charge in [-0.05, 0) is 0 Å². The molecule has 0 radical (unpaired) electrons. The Morgan fingerprint density at radius 2 is 2.45 bits per heavy atom. The van der Waals surface area contributed by atoms with Gasteiger partial charge in [0, 0.05) is 12.5 Å². The number of aryl methyl sites for hydroxylation is 1. The van der Waals surface area contributed by atoms with E-state index in [4.69, 9.17) is 15.3 Å². The molecular formula is C7H9NO3. The molecule has 60 valence electrons. The maximum Gasteiger partial charge on any atom is 0.374 e. The van der Waals surface area contributed by atoms with Crippen LogP contribution in [0.5, 0.6) is 0 Å². The SMILES string of the molecule is CCc1cc(N)c(C(=O)O)o1. The summed E-state index contributed by atoms with van der Waals surface area (Å²) in [5.41, 5.74) is 5.53. The van der Waals surface area contributed by atoms with Crippen molar-refractivity contribution in [2.45, 2.75) is 13.3 Å². The van der Waals surface area contributed by atoms with Gasteiger partial charge in [0.2, 0.25) is 5.76 Å². The van der Waals surface area contributed by atoms with Crippen LogP contribution in [0.2, 0.25) is 0 Å². The smallest absolute Gasteiger partial charge is 0.374 e. The average molecular weight is 155 g/mol. The molecule has 0 spiro atoms. The van der Waals surface area contributed by atoms with Gasteiger partial charge in [0.1, 0.15) is 5.76 Å². The number of hydrogen-bond acceptors (Lipinski definition) is 3. The molecule has 0 aliphatic heterocycles. The van der Waals surface area contributed by atoms with Gasteiger partial charge in [-0.25, -0.2) is 4.79 Å². The maximum absolute atomic E-state index is 10.4. The summed E-state index contributed by atoms with van der Waals surface area (Å²) in [6.45, 7) is 1.86. The summed E-state index contributed by atoms with van der Waals surface area (Å²) < 4.78 is 4.90. The molecule has 3 N–H and O–H groups in total. The van der Waals surface area contributed by atoms with E-state index in [0.29, 0.717) is 12.2 Å². The first kappa shape index (κ1) is 7.65. The molecule has 0 aromatic carbocycles. The third kappa shape index (κ3) is 1.34. The minimum Gasteiger partial charge on any atom is -0.475 e. The molecule has 4 nitrogen and oxygen atoms in total. The van der Waals surface area contributed by atoms with E-state index in [0.717, 1.165) is 0 Å². The minimum absolute atomic E-state index is 0.165. The van der Waals surface area contributed by atoms with Crippen molar-refractivity contribution >= 4 is 11.7 Å². The summed E-state index contributed by atoms with van der Waals surface area (Å²) in [5, 5.41) is 8.50. The predicted octanol–water partition coefficient (Wildman–Crippen LogP) is 1.12. The van der Waals surface area contributed by atoms with Gasteiger partial charge in [-0.2, -0.15) is 0 Å². The fraction of sp³-hybridized carbons (Fsp3) is 0.286. The van der Waals surface area contributed by atoms with E-state index < -0.39 is 5.97 Å². The van der Waals surface area contributed by atoms with E-state index in [1.54, 1.807) is 0 Å². The molecule has 0 saturated carbocycles. The fourth-order valence-corrected chi connectivity index (χ4v) is 0.800. The molecule has 0 bridgehead atoms. The van der Waals surface area contributed by atoms with Gasteiger partial charge in [-0.3, -0.25) is 0 Å². The summed E-state index contributed by atoms with van der Waals surface area (Å²) in [6, 6.07) is 1.53. The van der Waals surface area contributed by atoms with Crippen molar-refractivity contribution in [3.63, 3.8) is 0 Å². The maximum atomic E-state index is 10.4. The molecular weight excluding hydrogens is 146 g/mol. The van der Waals surface area contributed by atoms with Crippen LogP contribution in [0.4, 0.5) is 5.69 Å². The fourth-order valence-electron chi connectivity index (χ4n) is 0.800. The van der Waals surface area contributed by atoms with Crippen LogP contribution >= 0.6 is 0 Å². The summed E-state index contributed by atoms with van der Waals surface area (Å²) in [5.74, 6) is -0.691. The highest BCUT2D eigenvalue weighted by molar-refractivity contribution is 5.90. The third-order valence-corrected chi connectivity index (χ3v) is 1.35. The number of nitrogen functional groups attached to an aromatic ring is 1. The molecule has 1 aromatic rings. The Morgan fingerprint density at radius 1 is 1.82 bits per heavy atom. The van der Waals surface area contributed by atoms with E-state index in [1.807, 2.05) is 6.92 Å². The van der Waals surface area contributed by atoms with Crippen LogP contribution < -0.4 is 5.73 Å². The second-order valence-electron chi connectivity index (χ2n) is 2.16. The second kappa shape index (κ2) is 2.65. The first-order valence-corrected chi connectivity index (χ1v) is 3.26. The molecule has 0 atom stereocenters. The number of anilines is 1. The van der Waals surface area contributed by atoms with Crippen molar-refractivity contribution in [3.05, 3.63) is 17.6 Å². The molecule has 4 heteroatoms. The van der Waals surface area contributed by atoms with Crippen LogP contribution in [0.15, 0.2) is 10.5 Å². The lowest BCUT2D eigenvalue weighted by Gasteiger charge is -1.87. The lowest BCUT2D eigenvalue weighted by molar-refractivity contribution is 0.0662. The van der Waals surface area contributed by atoms with Crippen molar-refractivity contribution in [1.29, 1.82) is 0 Å². The van der Waals surface area contributed by atoms with Gasteiger partial charge in [0.05, 0.1) is 5.69 Å². The molecule has 0 unspecified atom stereocenters. The van der Waals surface area contributed by atoms with Crippen molar-refractivity contribution in [2.24, 2.45) is 0 Å². The Hall–Kier alpha value is -1.45. The highest BCUT2D eigenvalue weighted by Gasteiger charge is 2.13. The normalized spacial score (nSPS) is 9.91. The summed E-state index contributed by atoms with van der Waals surface area (Å²) in [7, 11) is 0. The lowest BCUT2D eigenvalue weighted by atomic mass is 10.3. The number of hydrogen-bond donors (Lipinski definition) is 2. The zero-order valence-corrected chi connectivity index (χ0v) is 6.13. The topological polar surface area (TPSA) is 76.5 Å². The van der Waals surface area contributed by atoms with Crippen molar-refractivity contribution in [1.82, 2.24) is 0 Å². The number of furan rings is 1. The molecule has 0 fully saturated rings. The quantitative estimate of drug-likeness (QED) is 0.671. The number of carboxylic acids is 1. The summed E-state index contributed by atoms with van der Waals surface area (Å²) in [4.78, 5) is 10.4. The Bertz CT molecular complexity index is 277. The Balaban J connectivity index is 3.07.